The molecule has 0 aromatic carbocycles. The average Bonchev–Trinajstić information content (AvgIpc) is 2.92. The zero-order chi connectivity index (χ0) is 19.6. The molecule has 2 atom stereocenters. The van der Waals surface area contributed by atoms with E-state index in [1.54, 1.807) is 0 Å². The molecule has 2 N–H and O–H groups in total. The third-order valence-electron chi connectivity index (χ3n) is 4.65. The molecule has 0 aromatic rings. The third-order valence-corrected chi connectivity index (χ3v) is 4.99. The van der Waals surface area contributed by atoms with Gasteiger partial charge in [0.2, 0.25) is 5.91 Å². The van der Waals surface area contributed by atoms with Crippen molar-refractivity contribution in [1.82, 2.24) is 15.5 Å². The first kappa shape index (κ1) is 22.0. The Morgan fingerprint density at radius 3 is 2.85 bits per heavy atom. The highest BCUT2D eigenvalue weighted by atomic mass is 35.5. The van der Waals surface area contributed by atoms with Crippen LogP contribution in [-0.4, -0.2) is 76.0 Å². The first-order chi connectivity index (χ1) is 13.0. The van der Waals surface area contributed by atoms with E-state index in [-0.39, 0.29) is 23.0 Å². The minimum atomic E-state index is -0.542. The number of ether oxygens (including phenoxy) is 2. The molecular weight excluding hydrogens is 373 g/mol. The maximum Gasteiger partial charge on any atom is 0.234 e. The first-order valence-corrected chi connectivity index (χ1v) is 9.64. The fourth-order valence-corrected chi connectivity index (χ4v) is 3.24. The van der Waals surface area contributed by atoms with E-state index in [9.17, 15) is 9.18 Å². The van der Waals surface area contributed by atoms with Crippen LogP contribution in [0.4, 0.5) is 4.39 Å². The molecule has 0 saturated carbocycles. The molecule has 0 aromatic heterocycles. The Hall–Kier alpha value is -1.25. The fraction of sp³-hybridized carbons (Fsp3) is 0.632. The SMILES string of the molecule is C=C/C(Cl)=C(F)\C=C(/C)[C@@H]1OCCNC[C@H]1CNC(=O)CN1CCOCC1. The molecule has 2 saturated heterocycles. The Kier molecular flexibility index (Phi) is 9.44. The number of carbonyl (C=O) groups excluding carboxylic acids is 1. The number of hydrogen-bond acceptors (Lipinski definition) is 5. The molecular formula is C19H29ClFN3O3. The molecule has 8 heteroatoms. The Balaban J connectivity index is 1.95. The number of nitrogens with one attached hydrogen (secondary N) is 2. The molecule has 2 rings (SSSR count). The van der Waals surface area contributed by atoms with Crippen molar-refractivity contribution in [2.75, 3.05) is 59.1 Å². The monoisotopic (exact) mass is 401 g/mol. The smallest absolute Gasteiger partial charge is 0.234 e. The van der Waals surface area contributed by atoms with E-state index in [4.69, 9.17) is 21.1 Å². The van der Waals surface area contributed by atoms with Gasteiger partial charge >= 0.3 is 0 Å². The number of hydrogen-bond donors (Lipinski definition) is 2. The average molecular weight is 402 g/mol. The van der Waals surface area contributed by atoms with Crippen molar-refractivity contribution in [3.8, 4) is 0 Å². The Morgan fingerprint density at radius 2 is 2.15 bits per heavy atom. The number of carbonyl (C=O) groups is 1. The molecule has 2 aliphatic rings. The van der Waals surface area contributed by atoms with Crippen molar-refractivity contribution in [3.63, 3.8) is 0 Å². The molecule has 1 amide bonds. The van der Waals surface area contributed by atoms with Gasteiger partial charge in [-0.15, -0.1) is 0 Å². The summed E-state index contributed by atoms with van der Waals surface area (Å²) in [6.07, 6.45) is 2.34. The molecule has 152 valence electrons. The van der Waals surface area contributed by atoms with Crippen LogP contribution >= 0.6 is 11.6 Å². The number of allylic oxidation sites excluding steroid dienone is 4. The Morgan fingerprint density at radius 1 is 1.41 bits per heavy atom. The third kappa shape index (κ3) is 7.35. The molecule has 0 unspecified atom stereocenters. The first-order valence-electron chi connectivity index (χ1n) is 9.26. The van der Waals surface area contributed by atoms with E-state index in [2.05, 4.69) is 22.1 Å². The van der Waals surface area contributed by atoms with Gasteiger partial charge in [-0.25, -0.2) is 4.39 Å². The van der Waals surface area contributed by atoms with Crippen LogP contribution in [0.2, 0.25) is 0 Å². The maximum atomic E-state index is 14.0. The van der Waals surface area contributed by atoms with E-state index >= 15 is 0 Å². The van der Waals surface area contributed by atoms with Crippen molar-refractivity contribution in [2.45, 2.75) is 13.0 Å². The molecule has 0 aliphatic carbocycles. The van der Waals surface area contributed by atoms with E-state index in [1.807, 2.05) is 6.92 Å². The van der Waals surface area contributed by atoms with Gasteiger partial charge < -0.3 is 20.1 Å². The van der Waals surface area contributed by atoms with Crippen LogP contribution in [0.3, 0.4) is 0 Å². The molecule has 0 radical (unpaired) electrons. The van der Waals surface area contributed by atoms with Crippen LogP contribution in [0.5, 0.6) is 0 Å². The molecule has 0 spiro atoms. The van der Waals surface area contributed by atoms with Gasteiger partial charge in [-0.2, -0.15) is 0 Å². The van der Waals surface area contributed by atoms with E-state index in [0.29, 0.717) is 46.0 Å². The zero-order valence-corrected chi connectivity index (χ0v) is 16.6. The molecule has 27 heavy (non-hydrogen) atoms. The van der Waals surface area contributed by atoms with E-state index in [1.165, 1.54) is 12.2 Å². The second-order valence-electron chi connectivity index (χ2n) is 6.74. The van der Waals surface area contributed by atoms with Crippen molar-refractivity contribution < 1.29 is 18.7 Å². The standard InChI is InChI=1S/C19H29ClFN3O3/c1-3-16(20)17(21)10-14(2)19-15(11-22-4-7-27-19)12-23-18(25)13-24-5-8-26-9-6-24/h3,10,15,19,22H,1,4-9,11-13H2,2H3,(H,23,25)/b14-10+,17-16-/t15-,19-/m0/s1. The molecule has 2 fully saturated rings. The van der Waals surface area contributed by atoms with Gasteiger partial charge in [0, 0.05) is 38.6 Å². The van der Waals surface area contributed by atoms with Crippen LogP contribution in [0, 0.1) is 5.92 Å². The topological polar surface area (TPSA) is 62.8 Å². The lowest BCUT2D eigenvalue weighted by Gasteiger charge is -2.28. The lowest BCUT2D eigenvalue weighted by molar-refractivity contribution is -0.123. The summed E-state index contributed by atoms with van der Waals surface area (Å²) in [5.41, 5.74) is 0.726. The summed E-state index contributed by atoms with van der Waals surface area (Å²) in [4.78, 5) is 14.3. The highest BCUT2D eigenvalue weighted by Gasteiger charge is 2.27. The van der Waals surface area contributed by atoms with Crippen molar-refractivity contribution >= 4 is 17.5 Å². The van der Waals surface area contributed by atoms with Gasteiger partial charge in [0.05, 0.1) is 37.5 Å². The number of amides is 1. The Bertz CT molecular complexity index is 577. The van der Waals surface area contributed by atoms with Gasteiger partial charge in [-0.1, -0.05) is 18.2 Å². The van der Waals surface area contributed by atoms with Crippen molar-refractivity contribution in [2.24, 2.45) is 5.92 Å². The van der Waals surface area contributed by atoms with Gasteiger partial charge in [0.15, 0.2) is 0 Å². The number of nitrogens with zero attached hydrogens (tertiary/aromatic N) is 1. The van der Waals surface area contributed by atoms with Gasteiger partial charge in [-0.3, -0.25) is 9.69 Å². The highest BCUT2D eigenvalue weighted by molar-refractivity contribution is 6.31. The second kappa shape index (κ2) is 11.6. The molecule has 6 nitrogen and oxygen atoms in total. The summed E-state index contributed by atoms with van der Waals surface area (Å²) in [6.45, 7) is 10.8. The summed E-state index contributed by atoms with van der Waals surface area (Å²) < 4.78 is 25.2. The highest BCUT2D eigenvalue weighted by Crippen LogP contribution is 2.22. The summed E-state index contributed by atoms with van der Waals surface area (Å²) >= 11 is 5.78. The lowest BCUT2D eigenvalue weighted by atomic mass is 9.95. The quantitative estimate of drug-likeness (QED) is 0.634. The zero-order valence-electron chi connectivity index (χ0n) is 15.8. The minimum absolute atomic E-state index is 0.00676. The van der Waals surface area contributed by atoms with Crippen LogP contribution in [-0.2, 0) is 14.3 Å². The van der Waals surface area contributed by atoms with Gasteiger partial charge in [0.25, 0.3) is 0 Å². The predicted octanol–water partition coefficient (Wildman–Crippen LogP) is 1.59. The normalized spacial score (nSPS) is 26.1. The van der Waals surface area contributed by atoms with Crippen LogP contribution < -0.4 is 10.6 Å². The number of halogens is 2. The lowest BCUT2D eigenvalue weighted by Crippen LogP contribution is -2.46. The Labute approximate surface area is 165 Å². The van der Waals surface area contributed by atoms with Gasteiger partial charge in [0.1, 0.15) is 5.83 Å². The van der Waals surface area contributed by atoms with Crippen molar-refractivity contribution in [1.29, 1.82) is 0 Å². The molecule has 2 heterocycles. The number of rotatable bonds is 7. The second-order valence-corrected chi connectivity index (χ2v) is 7.14. The van der Waals surface area contributed by atoms with E-state index < -0.39 is 5.83 Å². The largest absolute Gasteiger partial charge is 0.379 e. The van der Waals surface area contributed by atoms with Crippen LogP contribution in [0.15, 0.2) is 35.2 Å². The summed E-state index contributed by atoms with van der Waals surface area (Å²) in [6, 6.07) is 0. The summed E-state index contributed by atoms with van der Waals surface area (Å²) in [5, 5.41) is 6.25. The number of morpholine rings is 1. The minimum Gasteiger partial charge on any atom is -0.379 e. The predicted molar refractivity (Wildman–Crippen MR) is 104 cm³/mol. The molecule has 2 aliphatic heterocycles. The van der Waals surface area contributed by atoms with Gasteiger partial charge in [-0.05, 0) is 24.6 Å². The summed E-state index contributed by atoms with van der Waals surface area (Å²) in [7, 11) is 0. The fourth-order valence-electron chi connectivity index (χ4n) is 3.18. The van der Waals surface area contributed by atoms with E-state index in [0.717, 1.165) is 18.7 Å². The summed E-state index contributed by atoms with van der Waals surface area (Å²) in [5.74, 6) is -0.574. The molecule has 0 bridgehead atoms. The van der Waals surface area contributed by atoms with Crippen LogP contribution in [0.25, 0.3) is 0 Å². The van der Waals surface area contributed by atoms with Crippen molar-refractivity contribution in [3.05, 3.63) is 35.2 Å². The maximum absolute atomic E-state index is 14.0. The van der Waals surface area contributed by atoms with Crippen LogP contribution in [0.1, 0.15) is 6.92 Å².